The maximum absolute atomic E-state index is 4.30. The number of aromatic nitrogens is 4. The van der Waals surface area contributed by atoms with E-state index in [0.717, 1.165) is 15.6 Å². The van der Waals surface area contributed by atoms with Crippen LogP contribution in [-0.4, -0.2) is 27.4 Å². The molecule has 0 bridgehead atoms. The quantitative estimate of drug-likeness (QED) is 0.796. The Balaban J connectivity index is 1.93. The van der Waals surface area contributed by atoms with Crippen LogP contribution in [-0.2, 0) is 0 Å². The van der Waals surface area contributed by atoms with Crippen LogP contribution in [0.5, 0.6) is 0 Å². The van der Waals surface area contributed by atoms with E-state index in [0.29, 0.717) is 0 Å². The van der Waals surface area contributed by atoms with Crippen molar-refractivity contribution in [3.8, 4) is 10.6 Å². The normalized spacial score (nSPS) is 12.2. The lowest BCUT2D eigenvalue weighted by Gasteiger charge is -2.12. The van der Waals surface area contributed by atoms with Crippen LogP contribution in [0.1, 0.15) is 16.6 Å². The molecule has 0 aliphatic heterocycles. The molecule has 1 unspecified atom stereocenters. The van der Waals surface area contributed by atoms with Crippen LogP contribution in [0.15, 0.2) is 48.8 Å². The highest BCUT2D eigenvalue weighted by atomic mass is 32.1. The number of hydrogen-bond acceptors (Lipinski definition) is 6. The molecule has 0 amide bonds. The van der Waals surface area contributed by atoms with Gasteiger partial charge in [-0.2, -0.15) is 10.2 Å². The zero-order valence-corrected chi connectivity index (χ0v) is 11.7. The third-order valence-electron chi connectivity index (χ3n) is 2.94. The summed E-state index contributed by atoms with van der Waals surface area (Å²) in [4.78, 5) is 0. The van der Waals surface area contributed by atoms with Crippen LogP contribution in [0.25, 0.3) is 10.6 Å². The third-order valence-corrected chi connectivity index (χ3v) is 3.98. The maximum atomic E-state index is 4.30. The fourth-order valence-electron chi connectivity index (χ4n) is 1.96. The number of benzene rings is 1. The second kappa shape index (κ2) is 5.85. The van der Waals surface area contributed by atoms with E-state index in [9.17, 15) is 0 Å². The highest BCUT2D eigenvalue weighted by Gasteiger charge is 2.17. The van der Waals surface area contributed by atoms with Gasteiger partial charge in [0.25, 0.3) is 0 Å². The summed E-state index contributed by atoms with van der Waals surface area (Å²) in [5, 5.41) is 21.2. The molecule has 20 heavy (non-hydrogen) atoms. The van der Waals surface area contributed by atoms with Gasteiger partial charge in [0.2, 0.25) is 0 Å². The van der Waals surface area contributed by atoms with Gasteiger partial charge in [0.15, 0.2) is 0 Å². The van der Waals surface area contributed by atoms with Crippen molar-refractivity contribution in [2.45, 2.75) is 6.04 Å². The van der Waals surface area contributed by atoms with Crippen LogP contribution in [0.4, 0.5) is 0 Å². The topological polar surface area (TPSA) is 63.6 Å². The molecule has 1 atom stereocenters. The van der Waals surface area contributed by atoms with E-state index in [1.807, 2.05) is 31.3 Å². The van der Waals surface area contributed by atoms with E-state index >= 15 is 0 Å². The van der Waals surface area contributed by atoms with Crippen molar-refractivity contribution in [2.24, 2.45) is 0 Å². The summed E-state index contributed by atoms with van der Waals surface area (Å²) < 4.78 is 0. The molecule has 0 fully saturated rings. The Morgan fingerprint density at radius 1 is 1.05 bits per heavy atom. The number of rotatable bonds is 4. The maximum Gasteiger partial charge on any atom is 0.149 e. The molecular weight excluding hydrogens is 270 g/mol. The second-order valence-corrected chi connectivity index (χ2v) is 5.22. The fourth-order valence-corrected chi connectivity index (χ4v) is 2.94. The van der Waals surface area contributed by atoms with E-state index in [1.165, 1.54) is 5.56 Å². The summed E-state index contributed by atoms with van der Waals surface area (Å²) in [5.74, 6) is 0. The van der Waals surface area contributed by atoms with Crippen LogP contribution in [0, 0.1) is 0 Å². The van der Waals surface area contributed by atoms with Crippen molar-refractivity contribution >= 4 is 11.3 Å². The first-order chi connectivity index (χ1) is 9.88. The SMILES string of the molecule is CNC(c1ccccc1)c1nnc(-c2ccnnc2)s1. The van der Waals surface area contributed by atoms with Gasteiger partial charge in [-0.3, -0.25) is 0 Å². The van der Waals surface area contributed by atoms with E-state index in [-0.39, 0.29) is 6.04 Å². The first-order valence-electron chi connectivity index (χ1n) is 6.21. The standard InChI is InChI=1S/C14H13N5S/c1-15-12(10-5-3-2-4-6-10)14-19-18-13(20-14)11-7-8-16-17-9-11/h2-9,12,15H,1H3. The molecule has 0 saturated carbocycles. The largest absolute Gasteiger partial charge is 0.307 e. The smallest absolute Gasteiger partial charge is 0.149 e. The van der Waals surface area contributed by atoms with Gasteiger partial charge < -0.3 is 5.32 Å². The second-order valence-electron chi connectivity index (χ2n) is 4.21. The molecule has 5 nitrogen and oxygen atoms in total. The molecule has 0 aliphatic rings. The molecule has 100 valence electrons. The molecule has 2 heterocycles. The Kier molecular flexibility index (Phi) is 3.76. The van der Waals surface area contributed by atoms with E-state index in [2.05, 4.69) is 37.8 Å². The zero-order valence-electron chi connectivity index (χ0n) is 10.9. The molecule has 1 aromatic carbocycles. The molecule has 1 N–H and O–H groups in total. The summed E-state index contributed by atoms with van der Waals surface area (Å²) >= 11 is 1.56. The first kappa shape index (κ1) is 12.8. The molecule has 0 saturated heterocycles. The minimum Gasteiger partial charge on any atom is -0.307 e. The molecule has 2 aromatic heterocycles. The Labute approximate surface area is 120 Å². The lowest BCUT2D eigenvalue weighted by atomic mass is 10.1. The highest BCUT2D eigenvalue weighted by Crippen LogP contribution is 2.29. The van der Waals surface area contributed by atoms with Crippen molar-refractivity contribution in [3.63, 3.8) is 0 Å². The van der Waals surface area contributed by atoms with Gasteiger partial charge >= 0.3 is 0 Å². The van der Waals surface area contributed by atoms with Crippen molar-refractivity contribution in [1.29, 1.82) is 0 Å². The third kappa shape index (κ3) is 2.56. The molecular formula is C14H13N5S. The van der Waals surface area contributed by atoms with Gasteiger partial charge in [-0.25, -0.2) is 0 Å². The predicted molar refractivity (Wildman–Crippen MR) is 78.3 cm³/mol. The van der Waals surface area contributed by atoms with Gasteiger partial charge in [-0.05, 0) is 18.7 Å². The van der Waals surface area contributed by atoms with Crippen molar-refractivity contribution in [1.82, 2.24) is 25.7 Å². The molecule has 0 aliphatic carbocycles. The summed E-state index contributed by atoms with van der Waals surface area (Å²) in [6.07, 6.45) is 3.35. The Morgan fingerprint density at radius 2 is 1.90 bits per heavy atom. The Hall–Kier alpha value is -2.18. The van der Waals surface area contributed by atoms with Gasteiger partial charge in [0.1, 0.15) is 10.0 Å². The van der Waals surface area contributed by atoms with Crippen molar-refractivity contribution < 1.29 is 0 Å². The number of hydrogen-bond donors (Lipinski definition) is 1. The number of nitrogens with one attached hydrogen (secondary N) is 1. The van der Waals surface area contributed by atoms with Crippen LogP contribution < -0.4 is 5.32 Å². The summed E-state index contributed by atoms with van der Waals surface area (Å²) in [5.41, 5.74) is 2.11. The van der Waals surface area contributed by atoms with Crippen molar-refractivity contribution in [3.05, 3.63) is 59.4 Å². The van der Waals surface area contributed by atoms with E-state index in [1.54, 1.807) is 23.7 Å². The fraction of sp³-hybridized carbons (Fsp3) is 0.143. The highest BCUT2D eigenvalue weighted by molar-refractivity contribution is 7.14. The monoisotopic (exact) mass is 283 g/mol. The van der Waals surface area contributed by atoms with Crippen LogP contribution >= 0.6 is 11.3 Å². The minimum absolute atomic E-state index is 0.0530. The minimum atomic E-state index is 0.0530. The lowest BCUT2D eigenvalue weighted by molar-refractivity contribution is 0.678. The zero-order chi connectivity index (χ0) is 13.8. The number of nitrogens with zero attached hydrogens (tertiary/aromatic N) is 4. The van der Waals surface area contributed by atoms with Gasteiger partial charge in [0.05, 0.1) is 18.4 Å². The molecule has 3 aromatic rings. The Morgan fingerprint density at radius 3 is 2.60 bits per heavy atom. The first-order valence-corrected chi connectivity index (χ1v) is 7.03. The van der Waals surface area contributed by atoms with Gasteiger partial charge in [0, 0.05) is 5.56 Å². The molecule has 3 rings (SSSR count). The van der Waals surface area contributed by atoms with E-state index in [4.69, 9.17) is 0 Å². The molecule has 0 radical (unpaired) electrons. The Bertz CT molecular complexity index is 668. The molecule has 0 spiro atoms. The van der Waals surface area contributed by atoms with Crippen LogP contribution in [0.2, 0.25) is 0 Å². The van der Waals surface area contributed by atoms with Gasteiger partial charge in [-0.1, -0.05) is 41.7 Å². The van der Waals surface area contributed by atoms with E-state index < -0.39 is 0 Å². The average Bonchev–Trinajstić information content (AvgIpc) is 3.00. The molecule has 6 heteroatoms. The van der Waals surface area contributed by atoms with Gasteiger partial charge in [-0.15, -0.1) is 10.2 Å². The van der Waals surface area contributed by atoms with Crippen molar-refractivity contribution in [2.75, 3.05) is 7.05 Å². The lowest BCUT2D eigenvalue weighted by Crippen LogP contribution is -2.17. The predicted octanol–water partition coefficient (Wildman–Crippen LogP) is 2.30. The average molecular weight is 283 g/mol. The van der Waals surface area contributed by atoms with Crippen LogP contribution in [0.3, 0.4) is 0 Å². The summed E-state index contributed by atoms with van der Waals surface area (Å²) in [6, 6.07) is 12.1. The summed E-state index contributed by atoms with van der Waals surface area (Å²) in [6.45, 7) is 0. The summed E-state index contributed by atoms with van der Waals surface area (Å²) in [7, 11) is 1.92.